The van der Waals surface area contributed by atoms with Gasteiger partial charge in [0.2, 0.25) is 0 Å². The fourth-order valence-electron chi connectivity index (χ4n) is 1.41. The van der Waals surface area contributed by atoms with Crippen molar-refractivity contribution in [2.45, 2.75) is 0 Å². The first kappa shape index (κ1) is 12.6. The van der Waals surface area contributed by atoms with Gasteiger partial charge in [0.05, 0.1) is 6.20 Å². The smallest absolute Gasteiger partial charge is 0.271 e. The summed E-state index contributed by atoms with van der Waals surface area (Å²) in [7, 11) is 1.68. The Balaban J connectivity index is 2.29. The molecule has 0 saturated carbocycles. The molecule has 0 spiro atoms. The van der Waals surface area contributed by atoms with Gasteiger partial charge in [0.1, 0.15) is 9.87 Å². The van der Waals surface area contributed by atoms with Crippen LogP contribution in [0.4, 0.5) is 5.69 Å². The average Bonchev–Trinajstić information content (AvgIpc) is 2.91. The molecule has 0 aliphatic carbocycles. The number of aromatic nitrogens is 2. The Kier molecular flexibility index (Phi) is 3.63. The van der Waals surface area contributed by atoms with Gasteiger partial charge in [-0.2, -0.15) is 0 Å². The van der Waals surface area contributed by atoms with Gasteiger partial charge < -0.3 is 10.6 Å². The van der Waals surface area contributed by atoms with Crippen LogP contribution in [0.3, 0.4) is 0 Å². The molecule has 18 heavy (non-hydrogen) atoms. The van der Waals surface area contributed by atoms with Crippen molar-refractivity contribution in [2.75, 3.05) is 11.9 Å². The Morgan fingerprint density at radius 3 is 2.89 bits per heavy atom. The zero-order chi connectivity index (χ0) is 13.1. The highest BCUT2D eigenvalue weighted by Crippen LogP contribution is 2.18. The SMILES string of the molecule is CN(C(=O)c1cnns1)c1cccc(C(N)=S)c1. The highest BCUT2D eigenvalue weighted by Gasteiger charge is 2.16. The molecule has 2 N–H and O–H groups in total. The van der Waals surface area contributed by atoms with Crippen molar-refractivity contribution in [3.05, 3.63) is 40.9 Å². The third-order valence-corrected chi connectivity index (χ3v) is 3.28. The summed E-state index contributed by atoms with van der Waals surface area (Å²) in [4.78, 5) is 14.4. The Morgan fingerprint density at radius 1 is 1.50 bits per heavy atom. The molecule has 7 heteroatoms. The summed E-state index contributed by atoms with van der Waals surface area (Å²) < 4.78 is 3.67. The number of rotatable bonds is 3. The van der Waals surface area contributed by atoms with Crippen LogP contribution in [-0.4, -0.2) is 27.5 Å². The number of hydrogen-bond donors (Lipinski definition) is 1. The van der Waals surface area contributed by atoms with Crippen LogP contribution in [0.15, 0.2) is 30.5 Å². The molecule has 0 aliphatic rings. The summed E-state index contributed by atoms with van der Waals surface area (Å²) >= 11 is 5.97. The molecule has 1 aromatic heterocycles. The topological polar surface area (TPSA) is 72.1 Å². The summed E-state index contributed by atoms with van der Waals surface area (Å²) in [6, 6.07) is 7.19. The number of hydrogen-bond acceptors (Lipinski definition) is 5. The third kappa shape index (κ3) is 2.52. The van der Waals surface area contributed by atoms with Gasteiger partial charge in [-0.15, -0.1) is 5.10 Å². The van der Waals surface area contributed by atoms with E-state index in [1.165, 1.54) is 11.1 Å². The minimum Gasteiger partial charge on any atom is -0.389 e. The first-order valence-corrected chi connectivity index (χ1v) is 6.23. The molecule has 0 radical (unpaired) electrons. The van der Waals surface area contributed by atoms with E-state index in [1.54, 1.807) is 25.2 Å². The highest BCUT2D eigenvalue weighted by molar-refractivity contribution is 7.80. The van der Waals surface area contributed by atoms with Crippen molar-refractivity contribution in [2.24, 2.45) is 5.73 Å². The lowest BCUT2D eigenvalue weighted by atomic mass is 10.2. The van der Waals surface area contributed by atoms with E-state index in [1.807, 2.05) is 6.07 Å². The van der Waals surface area contributed by atoms with E-state index >= 15 is 0 Å². The van der Waals surface area contributed by atoms with E-state index < -0.39 is 0 Å². The molecule has 0 aliphatic heterocycles. The maximum absolute atomic E-state index is 12.1. The molecule has 0 fully saturated rings. The van der Waals surface area contributed by atoms with Gasteiger partial charge in [0.25, 0.3) is 5.91 Å². The van der Waals surface area contributed by atoms with Gasteiger partial charge in [0.15, 0.2) is 0 Å². The van der Waals surface area contributed by atoms with Crippen molar-refractivity contribution >= 4 is 40.3 Å². The fourth-order valence-corrected chi connectivity index (χ4v) is 2.03. The van der Waals surface area contributed by atoms with Crippen LogP contribution in [0.25, 0.3) is 0 Å². The first-order chi connectivity index (χ1) is 8.59. The molecular weight excluding hydrogens is 268 g/mol. The number of nitrogens with two attached hydrogens (primary N) is 1. The predicted octanol–water partition coefficient (Wildman–Crippen LogP) is 1.45. The van der Waals surface area contributed by atoms with Gasteiger partial charge in [-0.3, -0.25) is 4.79 Å². The molecule has 0 bridgehead atoms. The maximum atomic E-state index is 12.1. The van der Waals surface area contributed by atoms with Crippen molar-refractivity contribution in [1.29, 1.82) is 0 Å². The Hall–Kier alpha value is -1.86. The second-order valence-corrected chi connectivity index (χ2v) is 4.79. The van der Waals surface area contributed by atoms with Crippen LogP contribution in [0.5, 0.6) is 0 Å². The number of amides is 1. The maximum Gasteiger partial charge on any atom is 0.271 e. The van der Waals surface area contributed by atoms with Crippen LogP contribution in [0.2, 0.25) is 0 Å². The zero-order valence-electron chi connectivity index (χ0n) is 9.53. The van der Waals surface area contributed by atoms with E-state index in [9.17, 15) is 4.79 Å². The normalized spacial score (nSPS) is 10.1. The molecule has 0 saturated heterocycles. The monoisotopic (exact) mass is 278 g/mol. The van der Waals surface area contributed by atoms with Crippen LogP contribution < -0.4 is 10.6 Å². The molecule has 2 aromatic rings. The van der Waals surface area contributed by atoms with Crippen molar-refractivity contribution in [3.8, 4) is 0 Å². The molecule has 0 unspecified atom stereocenters. The minimum absolute atomic E-state index is 0.162. The van der Waals surface area contributed by atoms with Gasteiger partial charge in [-0.05, 0) is 23.7 Å². The van der Waals surface area contributed by atoms with E-state index in [2.05, 4.69) is 9.59 Å². The molecule has 1 aromatic carbocycles. The molecule has 1 heterocycles. The van der Waals surface area contributed by atoms with Crippen LogP contribution in [0, 0.1) is 0 Å². The summed E-state index contributed by atoms with van der Waals surface area (Å²) in [6.07, 6.45) is 1.45. The highest BCUT2D eigenvalue weighted by atomic mass is 32.1. The number of benzene rings is 1. The van der Waals surface area contributed by atoms with Crippen LogP contribution >= 0.6 is 23.8 Å². The second kappa shape index (κ2) is 5.19. The van der Waals surface area contributed by atoms with Crippen LogP contribution in [-0.2, 0) is 0 Å². The standard InChI is InChI=1S/C11H10N4OS2/c1-15(11(16)9-6-13-14-18-9)8-4-2-3-7(5-8)10(12)17/h2-6H,1H3,(H2,12,17). The van der Waals surface area contributed by atoms with E-state index in [0.29, 0.717) is 9.87 Å². The quantitative estimate of drug-likeness (QED) is 0.860. The van der Waals surface area contributed by atoms with Crippen molar-refractivity contribution < 1.29 is 4.79 Å². The Morgan fingerprint density at radius 2 is 2.28 bits per heavy atom. The lowest BCUT2D eigenvalue weighted by molar-refractivity contribution is 0.0996. The first-order valence-electron chi connectivity index (χ1n) is 5.05. The number of nitrogens with zero attached hydrogens (tertiary/aromatic N) is 3. The van der Waals surface area contributed by atoms with Crippen molar-refractivity contribution in [3.63, 3.8) is 0 Å². The minimum atomic E-state index is -0.162. The summed E-state index contributed by atoms with van der Waals surface area (Å²) in [5.41, 5.74) is 7.01. The molecule has 5 nitrogen and oxygen atoms in total. The van der Waals surface area contributed by atoms with Crippen molar-refractivity contribution in [1.82, 2.24) is 9.59 Å². The fraction of sp³-hybridized carbons (Fsp3) is 0.0909. The Bertz CT molecular complexity index is 582. The second-order valence-electron chi connectivity index (χ2n) is 3.56. The third-order valence-electron chi connectivity index (χ3n) is 2.39. The average molecular weight is 278 g/mol. The van der Waals surface area contributed by atoms with Gasteiger partial charge in [0, 0.05) is 18.3 Å². The molecule has 2 rings (SSSR count). The zero-order valence-corrected chi connectivity index (χ0v) is 11.2. The predicted molar refractivity (Wildman–Crippen MR) is 75.0 cm³/mol. The number of thiocarbonyl (C=S) groups is 1. The van der Waals surface area contributed by atoms with E-state index in [0.717, 1.165) is 22.8 Å². The van der Waals surface area contributed by atoms with E-state index in [-0.39, 0.29) is 5.91 Å². The lowest BCUT2D eigenvalue weighted by Gasteiger charge is -2.16. The van der Waals surface area contributed by atoms with E-state index in [4.69, 9.17) is 18.0 Å². The number of carbonyl (C=O) groups is 1. The van der Waals surface area contributed by atoms with Crippen LogP contribution in [0.1, 0.15) is 15.2 Å². The molecule has 1 amide bonds. The summed E-state index contributed by atoms with van der Waals surface area (Å²) in [5, 5.41) is 3.65. The Labute approximate surface area is 113 Å². The van der Waals surface area contributed by atoms with Gasteiger partial charge >= 0.3 is 0 Å². The number of carbonyl (C=O) groups excluding carboxylic acids is 1. The molecular formula is C11H10N4OS2. The van der Waals surface area contributed by atoms with Gasteiger partial charge in [-0.1, -0.05) is 28.8 Å². The largest absolute Gasteiger partial charge is 0.389 e. The molecule has 92 valence electrons. The lowest BCUT2D eigenvalue weighted by Crippen LogP contribution is -2.25. The van der Waals surface area contributed by atoms with Gasteiger partial charge in [-0.25, -0.2) is 0 Å². The number of anilines is 1. The summed E-state index contributed by atoms with van der Waals surface area (Å²) in [6.45, 7) is 0. The molecule has 0 atom stereocenters. The summed E-state index contributed by atoms with van der Waals surface area (Å²) in [5.74, 6) is -0.162.